The third-order valence-corrected chi connectivity index (χ3v) is 4.05. The molecule has 0 saturated carbocycles. The Labute approximate surface area is 168 Å². The molecule has 11 heteroatoms. The highest BCUT2D eigenvalue weighted by Gasteiger charge is 2.25. The number of hydrogen-bond donors (Lipinski definition) is 7. The maximum Gasteiger partial charge on any atom is 0.326 e. The summed E-state index contributed by atoms with van der Waals surface area (Å²) in [6, 6.07) is 2.94. The molecule has 1 aromatic carbocycles. The van der Waals surface area contributed by atoms with Gasteiger partial charge in [-0.05, 0) is 37.5 Å². The highest BCUT2D eigenvalue weighted by atomic mass is 16.4. The molecule has 1 rings (SSSR count). The lowest BCUT2D eigenvalue weighted by atomic mass is 10.1. The van der Waals surface area contributed by atoms with Gasteiger partial charge in [-0.3, -0.25) is 14.6 Å². The first kappa shape index (κ1) is 23.7. The summed E-state index contributed by atoms with van der Waals surface area (Å²) in [5.74, 6) is -2.41. The second kappa shape index (κ2) is 11.5. The van der Waals surface area contributed by atoms with Crippen molar-refractivity contribution in [3.63, 3.8) is 0 Å². The molecule has 1 aromatic rings. The van der Waals surface area contributed by atoms with E-state index in [0.29, 0.717) is 24.9 Å². The number of nitrogens with one attached hydrogen (secondary N) is 2. The van der Waals surface area contributed by atoms with Crippen LogP contribution in [-0.4, -0.2) is 58.6 Å². The molecule has 0 bridgehead atoms. The summed E-state index contributed by atoms with van der Waals surface area (Å²) in [5, 5.41) is 23.5. The molecule has 0 radical (unpaired) electrons. The summed E-state index contributed by atoms with van der Waals surface area (Å²) >= 11 is 0. The number of carbonyl (C=O) groups is 3. The number of nitrogens with two attached hydrogens (primary N) is 3. The Balaban J connectivity index is 2.54. The van der Waals surface area contributed by atoms with Gasteiger partial charge in [0.2, 0.25) is 11.8 Å². The highest BCUT2D eigenvalue weighted by molar-refractivity contribution is 5.91. The van der Waals surface area contributed by atoms with E-state index in [-0.39, 0.29) is 18.1 Å². The van der Waals surface area contributed by atoms with E-state index in [1.807, 2.05) is 0 Å². The van der Waals surface area contributed by atoms with Gasteiger partial charge in [0, 0.05) is 13.0 Å². The van der Waals surface area contributed by atoms with Gasteiger partial charge in [0.1, 0.15) is 17.8 Å². The second-order valence-electron chi connectivity index (χ2n) is 6.56. The molecule has 0 saturated heterocycles. The van der Waals surface area contributed by atoms with Gasteiger partial charge in [0.05, 0.1) is 6.04 Å². The number of aromatic hydroxyl groups is 1. The summed E-state index contributed by atoms with van der Waals surface area (Å²) in [5.41, 5.74) is 16.8. The molecule has 0 aliphatic heterocycles. The number of aliphatic carboxylic acids is 1. The van der Waals surface area contributed by atoms with E-state index in [1.54, 1.807) is 12.1 Å². The van der Waals surface area contributed by atoms with E-state index in [9.17, 15) is 24.6 Å². The average Bonchev–Trinajstić information content (AvgIpc) is 2.65. The SMILES string of the molecule is C[C@H](NC(=O)[C@@H](N)CCCN=C(N)N)C(=O)N[C@@H](Cc1ccc(O)cc1)C(=O)O. The number of guanidine groups is 1. The van der Waals surface area contributed by atoms with E-state index in [4.69, 9.17) is 17.2 Å². The third kappa shape index (κ3) is 8.93. The van der Waals surface area contributed by atoms with Crippen molar-refractivity contribution >= 4 is 23.7 Å². The molecule has 0 aliphatic carbocycles. The van der Waals surface area contributed by atoms with Crippen LogP contribution in [0, 0.1) is 0 Å². The number of phenols is 1. The van der Waals surface area contributed by atoms with Crippen molar-refractivity contribution in [2.75, 3.05) is 6.54 Å². The zero-order valence-electron chi connectivity index (χ0n) is 16.2. The van der Waals surface area contributed by atoms with Crippen LogP contribution in [0.5, 0.6) is 5.75 Å². The quantitative estimate of drug-likeness (QED) is 0.128. The summed E-state index contributed by atoms with van der Waals surface area (Å²) in [4.78, 5) is 39.6. The predicted molar refractivity (Wildman–Crippen MR) is 107 cm³/mol. The molecular formula is C18H28N6O5. The number of phenolic OH excluding ortho intramolecular Hbond substituents is 1. The Morgan fingerprint density at radius 3 is 2.28 bits per heavy atom. The van der Waals surface area contributed by atoms with Gasteiger partial charge in [-0.25, -0.2) is 4.79 Å². The van der Waals surface area contributed by atoms with E-state index in [0.717, 1.165) is 0 Å². The van der Waals surface area contributed by atoms with Crippen LogP contribution in [0.15, 0.2) is 29.3 Å². The molecule has 2 amide bonds. The second-order valence-corrected chi connectivity index (χ2v) is 6.56. The number of aliphatic imine (C=N–C) groups is 1. The predicted octanol–water partition coefficient (Wildman–Crippen LogP) is -1.61. The third-order valence-electron chi connectivity index (χ3n) is 4.05. The van der Waals surface area contributed by atoms with E-state index < -0.39 is 35.9 Å². The largest absolute Gasteiger partial charge is 0.508 e. The van der Waals surface area contributed by atoms with Gasteiger partial charge in [-0.2, -0.15) is 0 Å². The molecule has 10 N–H and O–H groups in total. The van der Waals surface area contributed by atoms with E-state index in [1.165, 1.54) is 19.1 Å². The van der Waals surface area contributed by atoms with E-state index >= 15 is 0 Å². The smallest absolute Gasteiger partial charge is 0.326 e. The topological polar surface area (TPSA) is 206 Å². The molecule has 0 heterocycles. The minimum absolute atomic E-state index is 0.0202. The standard InChI is InChI=1S/C18H28N6O5/c1-10(23-16(27)13(19)3-2-8-22-18(20)21)15(26)24-14(17(28)29)9-11-4-6-12(25)7-5-11/h4-7,10,13-14,25H,2-3,8-9,19H2,1H3,(H,23,27)(H,24,26)(H,28,29)(H4,20,21,22)/t10-,13-,14-/m0/s1. The Hall–Kier alpha value is -3.34. The molecule has 0 unspecified atom stereocenters. The van der Waals surface area contributed by atoms with Gasteiger partial charge >= 0.3 is 5.97 Å². The van der Waals surface area contributed by atoms with Gasteiger partial charge in [0.15, 0.2) is 5.96 Å². The van der Waals surface area contributed by atoms with Crippen molar-refractivity contribution in [2.24, 2.45) is 22.2 Å². The summed E-state index contributed by atoms with van der Waals surface area (Å²) in [6.07, 6.45) is 0.822. The Kier molecular flexibility index (Phi) is 9.39. The first-order valence-electron chi connectivity index (χ1n) is 9.02. The van der Waals surface area contributed by atoms with Crippen LogP contribution in [0.4, 0.5) is 0 Å². The number of benzene rings is 1. The molecular weight excluding hydrogens is 380 g/mol. The maximum absolute atomic E-state index is 12.3. The van der Waals surface area contributed by atoms with Crippen LogP contribution < -0.4 is 27.8 Å². The average molecular weight is 408 g/mol. The van der Waals surface area contributed by atoms with Crippen LogP contribution in [0.1, 0.15) is 25.3 Å². The molecule has 11 nitrogen and oxygen atoms in total. The zero-order valence-corrected chi connectivity index (χ0v) is 16.2. The first-order chi connectivity index (χ1) is 13.6. The molecule has 29 heavy (non-hydrogen) atoms. The van der Waals surface area contributed by atoms with E-state index in [2.05, 4.69) is 15.6 Å². The number of carbonyl (C=O) groups excluding carboxylic acids is 2. The minimum Gasteiger partial charge on any atom is -0.508 e. The van der Waals surface area contributed by atoms with Crippen LogP contribution >= 0.6 is 0 Å². The van der Waals surface area contributed by atoms with Crippen LogP contribution in [-0.2, 0) is 20.8 Å². The molecule has 3 atom stereocenters. The Bertz CT molecular complexity index is 733. The maximum atomic E-state index is 12.3. The summed E-state index contributed by atoms with van der Waals surface area (Å²) in [7, 11) is 0. The molecule has 160 valence electrons. The fraction of sp³-hybridized carbons (Fsp3) is 0.444. The lowest BCUT2D eigenvalue weighted by Crippen LogP contribution is -2.53. The summed E-state index contributed by atoms with van der Waals surface area (Å²) in [6.45, 7) is 1.76. The van der Waals surface area contributed by atoms with Crippen molar-refractivity contribution in [2.45, 2.75) is 44.3 Å². The summed E-state index contributed by atoms with van der Waals surface area (Å²) < 4.78 is 0. The van der Waals surface area contributed by atoms with Gasteiger partial charge < -0.3 is 38.0 Å². The van der Waals surface area contributed by atoms with Gasteiger partial charge in [0.25, 0.3) is 0 Å². The van der Waals surface area contributed by atoms with Crippen molar-refractivity contribution < 1.29 is 24.6 Å². The minimum atomic E-state index is -1.22. The number of carboxylic acid groups (broad SMARTS) is 1. The van der Waals surface area contributed by atoms with Crippen molar-refractivity contribution in [3.05, 3.63) is 29.8 Å². The van der Waals surface area contributed by atoms with Crippen molar-refractivity contribution in [1.82, 2.24) is 10.6 Å². The van der Waals surface area contributed by atoms with Crippen LogP contribution in [0.3, 0.4) is 0 Å². The number of nitrogens with zero attached hydrogens (tertiary/aromatic N) is 1. The van der Waals surface area contributed by atoms with Crippen LogP contribution in [0.2, 0.25) is 0 Å². The fourth-order valence-electron chi connectivity index (χ4n) is 2.40. The van der Waals surface area contributed by atoms with Gasteiger partial charge in [-0.15, -0.1) is 0 Å². The number of hydrogen-bond acceptors (Lipinski definition) is 6. The Morgan fingerprint density at radius 1 is 1.10 bits per heavy atom. The lowest BCUT2D eigenvalue weighted by molar-refractivity contribution is -0.142. The van der Waals surface area contributed by atoms with Crippen molar-refractivity contribution in [3.8, 4) is 5.75 Å². The first-order valence-corrected chi connectivity index (χ1v) is 9.02. The molecule has 0 spiro atoms. The molecule has 0 aliphatic rings. The number of carboxylic acids is 1. The van der Waals surface area contributed by atoms with Crippen molar-refractivity contribution in [1.29, 1.82) is 0 Å². The molecule has 0 aromatic heterocycles. The lowest BCUT2D eigenvalue weighted by Gasteiger charge is -2.20. The molecule has 0 fully saturated rings. The number of amides is 2. The number of rotatable bonds is 11. The van der Waals surface area contributed by atoms with Crippen LogP contribution in [0.25, 0.3) is 0 Å². The Morgan fingerprint density at radius 2 is 1.72 bits per heavy atom. The highest BCUT2D eigenvalue weighted by Crippen LogP contribution is 2.11. The van der Waals surface area contributed by atoms with Gasteiger partial charge in [-0.1, -0.05) is 12.1 Å². The zero-order chi connectivity index (χ0) is 22.0. The fourth-order valence-corrected chi connectivity index (χ4v) is 2.40. The normalized spacial score (nSPS) is 13.6. The monoisotopic (exact) mass is 408 g/mol.